The lowest BCUT2D eigenvalue weighted by atomic mass is 9.91. The SMILES string of the molecule is CCN1CCCC(C(C)NCCCOC)C1. The van der Waals surface area contributed by atoms with Crippen LogP contribution in [0.4, 0.5) is 0 Å². The summed E-state index contributed by atoms with van der Waals surface area (Å²) in [5.74, 6) is 0.830. The molecule has 1 N–H and O–H groups in total. The van der Waals surface area contributed by atoms with Crippen LogP contribution < -0.4 is 5.32 Å². The van der Waals surface area contributed by atoms with Crippen LogP contribution in [0.1, 0.15) is 33.1 Å². The second-order valence-corrected chi connectivity index (χ2v) is 4.88. The first-order chi connectivity index (χ1) is 7.77. The second-order valence-electron chi connectivity index (χ2n) is 4.88. The minimum absolute atomic E-state index is 0.645. The Labute approximate surface area is 101 Å². The quantitative estimate of drug-likeness (QED) is 0.672. The molecule has 0 aliphatic carbocycles. The molecule has 1 aliphatic heterocycles. The van der Waals surface area contributed by atoms with Crippen molar-refractivity contribution in [2.75, 3.05) is 39.9 Å². The standard InChI is InChI=1S/C13H28N2O/c1-4-15-9-5-7-13(11-15)12(2)14-8-6-10-16-3/h12-14H,4-11H2,1-3H3. The summed E-state index contributed by atoms with van der Waals surface area (Å²) < 4.78 is 5.06. The third-order valence-electron chi connectivity index (χ3n) is 3.69. The predicted molar refractivity (Wildman–Crippen MR) is 68.8 cm³/mol. The molecule has 0 saturated carbocycles. The summed E-state index contributed by atoms with van der Waals surface area (Å²) in [5.41, 5.74) is 0. The fourth-order valence-corrected chi connectivity index (χ4v) is 2.50. The normalized spacial score (nSPS) is 24.6. The predicted octanol–water partition coefficient (Wildman–Crippen LogP) is 1.73. The van der Waals surface area contributed by atoms with Gasteiger partial charge in [0.05, 0.1) is 0 Å². The molecule has 16 heavy (non-hydrogen) atoms. The molecule has 0 aromatic carbocycles. The molecule has 1 rings (SSSR count). The highest BCUT2D eigenvalue weighted by Crippen LogP contribution is 2.19. The van der Waals surface area contributed by atoms with E-state index in [1.165, 1.54) is 32.5 Å². The minimum Gasteiger partial charge on any atom is -0.385 e. The van der Waals surface area contributed by atoms with Gasteiger partial charge in [0, 0.05) is 26.3 Å². The van der Waals surface area contributed by atoms with Gasteiger partial charge in [-0.25, -0.2) is 0 Å². The van der Waals surface area contributed by atoms with Crippen LogP contribution in [0.5, 0.6) is 0 Å². The highest BCUT2D eigenvalue weighted by molar-refractivity contribution is 4.79. The Balaban J connectivity index is 2.16. The molecule has 96 valence electrons. The van der Waals surface area contributed by atoms with E-state index >= 15 is 0 Å². The van der Waals surface area contributed by atoms with Gasteiger partial charge in [-0.3, -0.25) is 0 Å². The van der Waals surface area contributed by atoms with E-state index in [9.17, 15) is 0 Å². The van der Waals surface area contributed by atoms with Crippen molar-refractivity contribution in [3.05, 3.63) is 0 Å². The van der Waals surface area contributed by atoms with Crippen molar-refractivity contribution in [1.29, 1.82) is 0 Å². The molecule has 0 spiro atoms. The summed E-state index contributed by atoms with van der Waals surface area (Å²) in [7, 11) is 1.77. The average Bonchev–Trinajstić information content (AvgIpc) is 2.34. The summed E-state index contributed by atoms with van der Waals surface area (Å²) in [6.45, 7) is 10.3. The third kappa shape index (κ3) is 4.81. The molecular weight excluding hydrogens is 200 g/mol. The molecular formula is C13H28N2O. The van der Waals surface area contributed by atoms with Crippen molar-refractivity contribution in [1.82, 2.24) is 10.2 Å². The number of hydrogen-bond donors (Lipinski definition) is 1. The molecule has 1 heterocycles. The number of likely N-dealkylation sites (tertiary alicyclic amines) is 1. The molecule has 0 aromatic heterocycles. The maximum atomic E-state index is 5.06. The van der Waals surface area contributed by atoms with Crippen LogP contribution >= 0.6 is 0 Å². The molecule has 1 aliphatic rings. The van der Waals surface area contributed by atoms with Crippen molar-refractivity contribution in [3.8, 4) is 0 Å². The molecule has 0 aromatic rings. The maximum Gasteiger partial charge on any atom is 0.0474 e. The van der Waals surface area contributed by atoms with Gasteiger partial charge in [-0.1, -0.05) is 6.92 Å². The van der Waals surface area contributed by atoms with E-state index in [1.807, 2.05) is 0 Å². The van der Waals surface area contributed by atoms with Crippen LogP contribution in [0, 0.1) is 5.92 Å². The number of nitrogens with one attached hydrogen (secondary N) is 1. The molecule has 3 nitrogen and oxygen atoms in total. The number of ether oxygens (including phenoxy) is 1. The summed E-state index contributed by atoms with van der Waals surface area (Å²) in [5, 5.41) is 3.63. The Morgan fingerprint density at radius 3 is 3.00 bits per heavy atom. The molecule has 3 heteroatoms. The lowest BCUT2D eigenvalue weighted by molar-refractivity contribution is 0.153. The van der Waals surface area contributed by atoms with E-state index in [2.05, 4.69) is 24.1 Å². The van der Waals surface area contributed by atoms with Gasteiger partial charge in [0.25, 0.3) is 0 Å². The van der Waals surface area contributed by atoms with Crippen LogP contribution in [-0.2, 0) is 4.74 Å². The first-order valence-electron chi connectivity index (χ1n) is 6.72. The van der Waals surface area contributed by atoms with Gasteiger partial charge in [-0.05, 0) is 51.7 Å². The van der Waals surface area contributed by atoms with Crippen molar-refractivity contribution in [3.63, 3.8) is 0 Å². The molecule has 0 bridgehead atoms. The van der Waals surface area contributed by atoms with Crippen LogP contribution in [0.3, 0.4) is 0 Å². The largest absolute Gasteiger partial charge is 0.385 e. The number of methoxy groups -OCH3 is 1. The van der Waals surface area contributed by atoms with Crippen LogP contribution in [0.2, 0.25) is 0 Å². The van der Waals surface area contributed by atoms with Gasteiger partial charge in [-0.15, -0.1) is 0 Å². The van der Waals surface area contributed by atoms with Gasteiger partial charge in [-0.2, -0.15) is 0 Å². The van der Waals surface area contributed by atoms with Gasteiger partial charge >= 0.3 is 0 Å². The lowest BCUT2D eigenvalue weighted by Gasteiger charge is -2.35. The Morgan fingerprint density at radius 2 is 2.31 bits per heavy atom. The molecule has 0 radical (unpaired) electrons. The van der Waals surface area contributed by atoms with E-state index in [1.54, 1.807) is 7.11 Å². The van der Waals surface area contributed by atoms with Crippen molar-refractivity contribution >= 4 is 0 Å². The molecule has 1 fully saturated rings. The highest BCUT2D eigenvalue weighted by atomic mass is 16.5. The van der Waals surface area contributed by atoms with Gasteiger partial charge in [0.15, 0.2) is 0 Å². The molecule has 2 unspecified atom stereocenters. The number of rotatable bonds is 7. The zero-order valence-corrected chi connectivity index (χ0v) is 11.2. The average molecular weight is 228 g/mol. The van der Waals surface area contributed by atoms with E-state index in [0.29, 0.717) is 6.04 Å². The fourth-order valence-electron chi connectivity index (χ4n) is 2.50. The Morgan fingerprint density at radius 1 is 1.50 bits per heavy atom. The van der Waals surface area contributed by atoms with E-state index in [0.717, 1.165) is 25.5 Å². The van der Waals surface area contributed by atoms with E-state index in [-0.39, 0.29) is 0 Å². The molecule has 0 amide bonds. The van der Waals surface area contributed by atoms with Crippen LogP contribution in [0.25, 0.3) is 0 Å². The number of hydrogen-bond acceptors (Lipinski definition) is 3. The highest BCUT2D eigenvalue weighted by Gasteiger charge is 2.23. The maximum absolute atomic E-state index is 5.06. The first-order valence-corrected chi connectivity index (χ1v) is 6.72. The minimum atomic E-state index is 0.645. The summed E-state index contributed by atoms with van der Waals surface area (Å²) in [4.78, 5) is 2.57. The Hall–Kier alpha value is -0.120. The monoisotopic (exact) mass is 228 g/mol. The topological polar surface area (TPSA) is 24.5 Å². The van der Waals surface area contributed by atoms with Crippen molar-refractivity contribution in [2.45, 2.75) is 39.2 Å². The van der Waals surface area contributed by atoms with E-state index < -0.39 is 0 Å². The van der Waals surface area contributed by atoms with Crippen LogP contribution in [0.15, 0.2) is 0 Å². The summed E-state index contributed by atoms with van der Waals surface area (Å²) in [6.07, 6.45) is 3.86. The second kappa shape index (κ2) is 8.04. The first kappa shape index (κ1) is 13.9. The summed E-state index contributed by atoms with van der Waals surface area (Å²) in [6, 6.07) is 0.645. The van der Waals surface area contributed by atoms with Gasteiger partial charge < -0.3 is 15.0 Å². The number of piperidine rings is 1. The Kier molecular flexibility index (Phi) is 7.01. The summed E-state index contributed by atoms with van der Waals surface area (Å²) >= 11 is 0. The van der Waals surface area contributed by atoms with Gasteiger partial charge in [0.1, 0.15) is 0 Å². The smallest absolute Gasteiger partial charge is 0.0474 e. The van der Waals surface area contributed by atoms with Crippen molar-refractivity contribution in [2.24, 2.45) is 5.92 Å². The van der Waals surface area contributed by atoms with Gasteiger partial charge in [0.2, 0.25) is 0 Å². The van der Waals surface area contributed by atoms with Crippen molar-refractivity contribution < 1.29 is 4.74 Å². The zero-order chi connectivity index (χ0) is 11.8. The zero-order valence-electron chi connectivity index (χ0n) is 11.2. The van der Waals surface area contributed by atoms with Crippen LogP contribution in [-0.4, -0.2) is 50.8 Å². The third-order valence-corrected chi connectivity index (χ3v) is 3.69. The molecule has 1 saturated heterocycles. The Bertz CT molecular complexity index is 175. The lowest BCUT2D eigenvalue weighted by Crippen LogP contribution is -2.44. The fraction of sp³-hybridized carbons (Fsp3) is 1.00. The van der Waals surface area contributed by atoms with E-state index in [4.69, 9.17) is 4.74 Å². The number of nitrogens with zero attached hydrogens (tertiary/aromatic N) is 1. The molecule has 2 atom stereocenters.